The van der Waals surface area contributed by atoms with Crippen molar-refractivity contribution in [1.29, 1.82) is 0 Å². The number of carbonyl (C=O) groups excluding carboxylic acids is 3. The lowest BCUT2D eigenvalue weighted by Crippen LogP contribution is -2.47. The Labute approximate surface area is 173 Å². The summed E-state index contributed by atoms with van der Waals surface area (Å²) in [6.07, 6.45) is 7.46. The van der Waals surface area contributed by atoms with Crippen LogP contribution in [0, 0.1) is 0 Å². The summed E-state index contributed by atoms with van der Waals surface area (Å²) in [5.41, 5.74) is 2.67. The van der Waals surface area contributed by atoms with E-state index in [9.17, 15) is 14.4 Å². The summed E-state index contributed by atoms with van der Waals surface area (Å²) in [6, 6.07) is 15.2. The molecule has 2 aromatic carbocycles. The van der Waals surface area contributed by atoms with Gasteiger partial charge >= 0.3 is 0 Å². The van der Waals surface area contributed by atoms with E-state index in [1.165, 1.54) is 0 Å². The predicted molar refractivity (Wildman–Crippen MR) is 116 cm³/mol. The molecule has 2 aromatic rings. The summed E-state index contributed by atoms with van der Waals surface area (Å²) < 4.78 is 0. The number of benzene rings is 2. The number of nitrogens with one attached hydrogen (secondary N) is 1. The second kappa shape index (κ2) is 11.4. The predicted octanol–water partition coefficient (Wildman–Crippen LogP) is 5.11. The Balaban J connectivity index is 2.47. The summed E-state index contributed by atoms with van der Waals surface area (Å²) in [5, 5.41) is 3.75. The van der Waals surface area contributed by atoms with E-state index in [0.29, 0.717) is 24.0 Å². The number of unbranched alkanes of at least 4 members (excludes halogenated alkanes) is 1. The van der Waals surface area contributed by atoms with Crippen LogP contribution in [0.1, 0.15) is 83.8 Å². The zero-order chi connectivity index (χ0) is 21.1. The highest BCUT2D eigenvalue weighted by molar-refractivity contribution is 5.83. The van der Waals surface area contributed by atoms with Gasteiger partial charge in [-0.25, -0.2) is 0 Å². The molecule has 0 amide bonds. The van der Waals surface area contributed by atoms with Crippen LogP contribution in [0.3, 0.4) is 0 Å². The van der Waals surface area contributed by atoms with Crippen molar-refractivity contribution in [2.24, 2.45) is 0 Å². The number of aldehydes is 3. The fourth-order valence-electron chi connectivity index (χ4n) is 3.88. The first kappa shape index (κ1) is 22.7. The second-order valence-corrected chi connectivity index (χ2v) is 7.62. The molecule has 0 aliphatic rings. The van der Waals surface area contributed by atoms with Gasteiger partial charge in [-0.15, -0.1) is 0 Å². The lowest BCUT2D eigenvalue weighted by Gasteiger charge is -2.37. The van der Waals surface area contributed by atoms with Crippen LogP contribution >= 0.6 is 0 Å². The second-order valence-electron chi connectivity index (χ2n) is 7.62. The van der Waals surface area contributed by atoms with Crippen molar-refractivity contribution in [3.63, 3.8) is 0 Å². The average Bonchev–Trinajstić information content (AvgIpc) is 2.77. The van der Waals surface area contributed by atoms with Gasteiger partial charge in [-0.1, -0.05) is 69.2 Å². The normalized spacial score (nSPS) is 14.0. The van der Waals surface area contributed by atoms with Crippen LogP contribution in [0.25, 0.3) is 0 Å². The van der Waals surface area contributed by atoms with Crippen LogP contribution in [-0.4, -0.2) is 24.4 Å². The first-order chi connectivity index (χ1) is 14.1. The maximum atomic E-state index is 11.8. The quantitative estimate of drug-likeness (QED) is 0.480. The lowest BCUT2D eigenvalue weighted by molar-refractivity contribution is -0.109. The van der Waals surface area contributed by atoms with E-state index >= 15 is 0 Å². The minimum atomic E-state index is -0.319. The van der Waals surface area contributed by atoms with Gasteiger partial charge in [0, 0.05) is 29.1 Å². The van der Waals surface area contributed by atoms with Gasteiger partial charge in [-0.05, 0) is 36.5 Å². The lowest BCUT2D eigenvalue weighted by atomic mass is 9.83. The summed E-state index contributed by atoms with van der Waals surface area (Å²) in [6.45, 7) is 4.24. The van der Waals surface area contributed by atoms with Crippen molar-refractivity contribution in [3.8, 4) is 0 Å². The molecule has 0 aliphatic carbocycles. The molecule has 0 heterocycles. The molecular weight excluding hydrogens is 362 g/mol. The number of rotatable bonds is 13. The molecule has 0 aromatic heterocycles. The molecule has 2 rings (SSSR count). The Morgan fingerprint density at radius 2 is 1.76 bits per heavy atom. The fourth-order valence-corrected chi connectivity index (χ4v) is 3.88. The van der Waals surface area contributed by atoms with Gasteiger partial charge in [0.1, 0.15) is 18.9 Å². The third-order valence-electron chi connectivity index (χ3n) is 5.67. The van der Waals surface area contributed by atoms with Gasteiger partial charge in [0.15, 0.2) is 0 Å². The summed E-state index contributed by atoms with van der Waals surface area (Å²) >= 11 is 0. The molecule has 0 fully saturated rings. The van der Waals surface area contributed by atoms with Crippen LogP contribution in [0.15, 0.2) is 48.5 Å². The van der Waals surface area contributed by atoms with E-state index in [1.807, 2.05) is 24.3 Å². The molecule has 4 nitrogen and oxygen atoms in total. The van der Waals surface area contributed by atoms with Crippen molar-refractivity contribution in [2.45, 2.75) is 64.0 Å². The monoisotopic (exact) mass is 393 g/mol. The molecule has 0 bridgehead atoms. The van der Waals surface area contributed by atoms with Crippen molar-refractivity contribution < 1.29 is 14.4 Å². The SMILES string of the molecule is CCCC[C@](CC)(CC=O)N[C@H](Cc1ccccc1)c1ccc(C=O)cc1C=O. The smallest absolute Gasteiger partial charge is 0.150 e. The molecule has 0 spiro atoms. The number of hydrogen-bond donors (Lipinski definition) is 1. The van der Waals surface area contributed by atoms with E-state index in [2.05, 4.69) is 31.3 Å². The van der Waals surface area contributed by atoms with Crippen LogP contribution in [0.5, 0.6) is 0 Å². The molecule has 0 aliphatic heterocycles. The largest absolute Gasteiger partial charge is 0.304 e. The van der Waals surface area contributed by atoms with Crippen molar-refractivity contribution in [3.05, 3.63) is 70.8 Å². The van der Waals surface area contributed by atoms with Crippen molar-refractivity contribution in [1.82, 2.24) is 5.32 Å². The number of hydrogen-bond acceptors (Lipinski definition) is 4. The zero-order valence-electron chi connectivity index (χ0n) is 17.4. The van der Waals surface area contributed by atoms with Crippen LogP contribution in [0.2, 0.25) is 0 Å². The minimum absolute atomic E-state index is 0.143. The van der Waals surface area contributed by atoms with Crippen LogP contribution in [-0.2, 0) is 11.2 Å². The number of carbonyl (C=O) groups is 3. The Hall–Kier alpha value is -2.59. The molecule has 0 unspecified atom stereocenters. The highest BCUT2D eigenvalue weighted by Gasteiger charge is 2.31. The third kappa shape index (κ3) is 6.20. The van der Waals surface area contributed by atoms with Gasteiger partial charge in [0.2, 0.25) is 0 Å². The minimum Gasteiger partial charge on any atom is -0.304 e. The molecule has 4 heteroatoms. The first-order valence-electron chi connectivity index (χ1n) is 10.4. The molecule has 0 saturated carbocycles. The topological polar surface area (TPSA) is 63.2 Å². The molecule has 154 valence electrons. The Morgan fingerprint density at radius 1 is 1.00 bits per heavy atom. The standard InChI is InChI=1S/C25H31NO3/c1-3-5-13-25(4-2,14-15-27)26-24(17-20-9-7-6-8-10-20)23-12-11-21(18-28)16-22(23)19-29/h6-12,15-16,18-19,24,26H,3-5,13-14,17H2,1-2H3/t24-,25-/m1/s1. The highest BCUT2D eigenvalue weighted by atomic mass is 16.1. The average molecular weight is 394 g/mol. The van der Waals surface area contributed by atoms with Crippen LogP contribution in [0.4, 0.5) is 0 Å². The van der Waals surface area contributed by atoms with Gasteiger partial charge in [-0.3, -0.25) is 9.59 Å². The zero-order valence-corrected chi connectivity index (χ0v) is 17.4. The van der Waals surface area contributed by atoms with Gasteiger partial charge < -0.3 is 10.1 Å². The third-order valence-corrected chi connectivity index (χ3v) is 5.67. The molecule has 0 saturated heterocycles. The molecule has 2 atom stereocenters. The molecule has 1 N–H and O–H groups in total. The molecular formula is C25H31NO3. The maximum Gasteiger partial charge on any atom is 0.150 e. The Morgan fingerprint density at radius 3 is 2.34 bits per heavy atom. The van der Waals surface area contributed by atoms with Crippen LogP contribution < -0.4 is 5.32 Å². The fraction of sp³-hybridized carbons (Fsp3) is 0.400. The van der Waals surface area contributed by atoms with Gasteiger partial charge in [0.25, 0.3) is 0 Å². The molecule has 29 heavy (non-hydrogen) atoms. The summed E-state index contributed by atoms with van der Waals surface area (Å²) in [5.74, 6) is 0. The van der Waals surface area contributed by atoms with Gasteiger partial charge in [-0.2, -0.15) is 0 Å². The van der Waals surface area contributed by atoms with E-state index in [-0.39, 0.29) is 11.6 Å². The van der Waals surface area contributed by atoms with Crippen molar-refractivity contribution in [2.75, 3.05) is 0 Å². The van der Waals surface area contributed by atoms with Crippen molar-refractivity contribution >= 4 is 18.9 Å². The van der Waals surface area contributed by atoms with E-state index in [0.717, 1.165) is 55.7 Å². The molecule has 0 radical (unpaired) electrons. The summed E-state index contributed by atoms with van der Waals surface area (Å²) in [4.78, 5) is 34.4. The maximum absolute atomic E-state index is 11.8. The Bertz CT molecular complexity index is 803. The van der Waals surface area contributed by atoms with E-state index < -0.39 is 0 Å². The van der Waals surface area contributed by atoms with E-state index in [1.54, 1.807) is 12.1 Å². The van der Waals surface area contributed by atoms with E-state index in [4.69, 9.17) is 0 Å². The van der Waals surface area contributed by atoms with Gasteiger partial charge in [0.05, 0.1) is 0 Å². The Kier molecular flexibility index (Phi) is 8.94. The highest BCUT2D eigenvalue weighted by Crippen LogP contribution is 2.30. The summed E-state index contributed by atoms with van der Waals surface area (Å²) in [7, 11) is 0. The first-order valence-corrected chi connectivity index (χ1v) is 10.4.